The van der Waals surface area contributed by atoms with Crippen LogP contribution in [0, 0.1) is 0 Å². The van der Waals surface area contributed by atoms with Gasteiger partial charge in [0.25, 0.3) is 5.91 Å². The van der Waals surface area contributed by atoms with Gasteiger partial charge in [-0.25, -0.2) is 0 Å². The average molecular weight is 354 g/mol. The molecule has 0 radical (unpaired) electrons. The highest BCUT2D eigenvalue weighted by atomic mass is 35.5. The molecule has 0 aliphatic heterocycles. The fraction of sp³-hybridized carbons (Fsp3) is 0.471. The Morgan fingerprint density at radius 2 is 1.54 bits per heavy atom. The largest absolute Gasteiger partial charge is 0.356 e. The first-order chi connectivity index (χ1) is 11.5. The summed E-state index contributed by atoms with van der Waals surface area (Å²) in [7, 11) is 0. The number of rotatable bonds is 10. The van der Waals surface area contributed by atoms with Crippen molar-refractivity contribution in [2.75, 3.05) is 19.6 Å². The summed E-state index contributed by atoms with van der Waals surface area (Å²) < 4.78 is 0. The zero-order valence-electron chi connectivity index (χ0n) is 13.9. The van der Waals surface area contributed by atoms with Gasteiger partial charge >= 0.3 is 0 Å². The molecule has 1 aromatic rings. The topological polar surface area (TPSA) is 87.3 Å². The van der Waals surface area contributed by atoms with Crippen LogP contribution in [0.3, 0.4) is 0 Å². The van der Waals surface area contributed by atoms with Crippen molar-refractivity contribution >= 4 is 29.3 Å². The van der Waals surface area contributed by atoms with Crippen molar-refractivity contribution < 1.29 is 14.4 Å². The third kappa shape index (κ3) is 9.15. The Morgan fingerprint density at radius 1 is 0.875 bits per heavy atom. The molecule has 0 aromatic heterocycles. The molecule has 0 atom stereocenters. The lowest BCUT2D eigenvalue weighted by atomic mass is 10.2. The van der Waals surface area contributed by atoms with Crippen LogP contribution < -0.4 is 16.0 Å². The quantitative estimate of drug-likeness (QED) is 0.561. The molecule has 0 aliphatic carbocycles. The molecule has 0 fully saturated rings. The summed E-state index contributed by atoms with van der Waals surface area (Å²) in [5, 5.41) is 8.79. The van der Waals surface area contributed by atoms with Crippen molar-refractivity contribution in [2.45, 2.75) is 32.6 Å². The van der Waals surface area contributed by atoms with E-state index in [9.17, 15) is 14.4 Å². The molecule has 7 heteroatoms. The minimum atomic E-state index is -0.195. The molecule has 0 saturated carbocycles. The van der Waals surface area contributed by atoms with Crippen LogP contribution in [-0.2, 0) is 9.59 Å². The van der Waals surface area contributed by atoms with Gasteiger partial charge in [0.2, 0.25) is 11.8 Å². The Kier molecular flexibility index (Phi) is 9.53. The fourth-order valence-corrected chi connectivity index (χ4v) is 2.15. The molecule has 0 aliphatic rings. The van der Waals surface area contributed by atoms with E-state index in [2.05, 4.69) is 16.0 Å². The maximum absolute atomic E-state index is 11.8. The van der Waals surface area contributed by atoms with Gasteiger partial charge in [-0.05, 0) is 37.1 Å². The number of hydrogen-bond donors (Lipinski definition) is 3. The van der Waals surface area contributed by atoms with Gasteiger partial charge in [0.05, 0.1) is 0 Å². The van der Waals surface area contributed by atoms with E-state index in [0.29, 0.717) is 36.6 Å². The molecular weight excluding hydrogens is 330 g/mol. The second kappa shape index (κ2) is 11.5. The predicted octanol–water partition coefficient (Wildman–Crippen LogP) is 1.88. The molecule has 1 rings (SSSR count). The zero-order chi connectivity index (χ0) is 17.8. The monoisotopic (exact) mass is 353 g/mol. The lowest BCUT2D eigenvalue weighted by molar-refractivity contribution is -0.121. The maximum Gasteiger partial charge on any atom is 0.251 e. The number of carbonyl (C=O) groups excluding carboxylic acids is 3. The first-order valence-corrected chi connectivity index (χ1v) is 8.41. The molecule has 24 heavy (non-hydrogen) atoms. The Bertz CT molecular complexity index is 547. The van der Waals surface area contributed by atoms with Gasteiger partial charge in [-0.2, -0.15) is 0 Å². The molecular formula is C17H24ClN3O3. The lowest BCUT2D eigenvalue weighted by Gasteiger charge is -2.07. The van der Waals surface area contributed by atoms with Crippen molar-refractivity contribution in [3.05, 3.63) is 34.9 Å². The van der Waals surface area contributed by atoms with Gasteiger partial charge in [0.1, 0.15) is 0 Å². The Labute approximate surface area is 147 Å². The summed E-state index contributed by atoms with van der Waals surface area (Å²) in [5.41, 5.74) is 0.532. The fourth-order valence-electron chi connectivity index (χ4n) is 2.02. The number of amides is 3. The summed E-state index contributed by atoms with van der Waals surface area (Å²) in [6, 6.07) is 6.61. The van der Waals surface area contributed by atoms with E-state index in [0.717, 1.165) is 19.3 Å². The van der Waals surface area contributed by atoms with Crippen LogP contribution in [0.4, 0.5) is 0 Å². The van der Waals surface area contributed by atoms with E-state index in [1.165, 1.54) is 6.92 Å². The summed E-state index contributed by atoms with van der Waals surface area (Å²) in [5.74, 6) is -0.262. The average Bonchev–Trinajstić information content (AvgIpc) is 2.55. The standard InChI is InChI=1S/C17H24ClN3O3/c1-13(22)19-10-4-2-3-5-16(23)20-11-12-21-17(24)14-6-8-15(18)9-7-14/h6-9H,2-5,10-12H2,1H3,(H,19,22)(H,20,23)(H,21,24). The molecule has 1 aromatic carbocycles. The van der Waals surface area contributed by atoms with Crippen LogP contribution >= 0.6 is 11.6 Å². The van der Waals surface area contributed by atoms with Crippen molar-refractivity contribution in [3.8, 4) is 0 Å². The first-order valence-electron chi connectivity index (χ1n) is 8.04. The van der Waals surface area contributed by atoms with E-state index in [1.807, 2.05) is 0 Å². The number of unbranched alkanes of at least 4 members (excludes halogenated alkanes) is 2. The van der Waals surface area contributed by atoms with Crippen molar-refractivity contribution in [1.82, 2.24) is 16.0 Å². The van der Waals surface area contributed by atoms with Crippen LogP contribution in [0.15, 0.2) is 24.3 Å². The molecule has 3 N–H and O–H groups in total. The van der Waals surface area contributed by atoms with E-state index in [1.54, 1.807) is 24.3 Å². The van der Waals surface area contributed by atoms with Crippen LogP contribution in [0.5, 0.6) is 0 Å². The van der Waals surface area contributed by atoms with Crippen molar-refractivity contribution in [2.24, 2.45) is 0 Å². The van der Waals surface area contributed by atoms with E-state index in [4.69, 9.17) is 11.6 Å². The SMILES string of the molecule is CC(=O)NCCCCCC(=O)NCCNC(=O)c1ccc(Cl)cc1. The second-order valence-corrected chi connectivity index (χ2v) is 5.84. The maximum atomic E-state index is 11.8. The molecule has 0 bridgehead atoms. The zero-order valence-corrected chi connectivity index (χ0v) is 14.6. The summed E-state index contributed by atoms with van der Waals surface area (Å²) >= 11 is 5.76. The number of carbonyl (C=O) groups is 3. The highest BCUT2D eigenvalue weighted by Crippen LogP contribution is 2.09. The number of nitrogens with one attached hydrogen (secondary N) is 3. The number of halogens is 1. The van der Waals surface area contributed by atoms with Gasteiger partial charge in [-0.3, -0.25) is 14.4 Å². The Balaban J connectivity index is 2.04. The van der Waals surface area contributed by atoms with Crippen molar-refractivity contribution in [1.29, 1.82) is 0 Å². The summed E-state index contributed by atoms with van der Waals surface area (Å²) in [4.78, 5) is 34.1. The third-order valence-corrected chi connectivity index (χ3v) is 3.55. The normalized spacial score (nSPS) is 10.1. The first kappa shape index (κ1) is 20.0. The Morgan fingerprint density at radius 3 is 2.21 bits per heavy atom. The van der Waals surface area contributed by atoms with Crippen LogP contribution in [-0.4, -0.2) is 37.4 Å². The minimum absolute atomic E-state index is 0.0322. The smallest absolute Gasteiger partial charge is 0.251 e. The van der Waals surface area contributed by atoms with Crippen LogP contribution in [0.1, 0.15) is 43.0 Å². The van der Waals surface area contributed by atoms with Gasteiger partial charge in [0, 0.05) is 43.6 Å². The lowest BCUT2D eigenvalue weighted by Crippen LogP contribution is -2.34. The molecule has 0 unspecified atom stereocenters. The minimum Gasteiger partial charge on any atom is -0.356 e. The van der Waals surface area contributed by atoms with Crippen LogP contribution in [0.25, 0.3) is 0 Å². The van der Waals surface area contributed by atoms with Gasteiger partial charge in [0.15, 0.2) is 0 Å². The number of benzene rings is 1. The molecule has 0 saturated heterocycles. The second-order valence-electron chi connectivity index (χ2n) is 5.41. The molecule has 132 valence electrons. The highest BCUT2D eigenvalue weighted by molar-refractivity contribution is 6.30. The summed E-state index contributed by atoms with van der Waals surface area (Å²) in [6.07, 6.45) is 2.98. The van der Waals surface area contributed by atoms with E-state index >= 15 is 0 Å². The van der Waals surface area contributed by atoms with Crippen LogP contribution in [0.2, 0.25) is 5.02 Å². The Hall–Kier alpha value is -2.08. The highest BCUT2D eigenvalue weighted by Gasteiger charge is 2.05. The molecule has 0 spiro atoms. The summed E-state index contributed by atoms with van der Waals surface area (Å²) in [6.45, 7) is 2.90. The van der Waals surface area contributed by atoms with E-state index < -0.39 is 0 Å². The van der Waals surface area contributed by atoms with E-state index in [-0.39, 0.29) is 17.7 Å². The van der Waals surface area contributed by atoms with Gasteiger partial charge in [-0.1, -0.05) is 18.0 Å². The molecule has 0 heterocycles. The predicted molar refractivity (Wildman–Crippen MR) is 93.9 cm³/mol. The molecule has 6 nitrogen and oxygen atoms in total. The number of hydrogen-bond acceptors (Lipinski definition) is 3. The van der Waals surface area contributed by atoms with Crippen molar-refractivity contribution in [3.63, 3.8) is 0 Å². The van der Waals surface area contributed by atoms with Gasteiger partial charge in [-0.15, -0.1) is 0 Å². The van der Waals surface area contributed by atoms with Gasteiger partial charge < -0.3 is 16.0 Å². The molecule has 3 amide bonds. The third-order valence-electron chi connectivity index (χ3n) is 3.29.